The molecular formula is C27H29F3N4O2S. The summed E-state index contributed by atoms with van der Waals surface area (Å²) < 4.78 is 44.2. The molecule has 2 amide bonds. The van der Waals surface area contributed by atoms with E-state index < -0.39 is 28.1 Å². The molecule has 0 unspecified atom stereocenters. The molecule has 1 aromatic heterocycles. The Morgan fingerprint density at radius 2 is 1.76 bits per heavy atom. The zero-order chi connectivity index (χ0) is 27.1. The second-order valence-electron chi connectivity index (χ2n) is 10.3. The van der Waals surface area contributed by atoms with Crippen LogP contribution in [0.5, 0.6) is 0 Å². The van der Waals surface area contributed by atoms with E-state index >= 15 is 4.39 Å². The molecule has 0 fully saturated rings. The zero-order valence-corrected chi connectivity index (χ0v) is 22.1. The lowest BCUT2D eigenvalue weighted by atomic mass is 9.87. The van der Waals surface area contributed by atoms with Crippen LogP contribution in [-0.4, -0.2) is 39.9 Å². The highest BCUT2D eigenvalue weighted by molar-refractivity contribution is 8.00. The first-order valence-electron chi connectivity index (χ1n) is 11.9. The molecule has 0 saturated carbocycles. The van der Waals surface area contributed by atoms with Gasteiger partial charge in [-0.25, -0.2) is 17.9 Å². The van der Waals surface area contributed by atoms with Gasteiger partial charge in [-0.2, -0.15) is 5.10 Å². The van der Waals surface area contributed by atoms with Gasteiger partial charge in [0.25, 0.3) is 0 Å². The first-order valence-corrected chi connectivity index (χ1v) is 13.0. The minimum atomic E-state index is -0.740. The molecule has 10 heteroatoms. The molecule has 4 rings (SSSR count). The molecule has 0 aliphatic carbocycles. The van der Waals surface area contributed by atoms with Crippen molar-refractivity contribution in [1.82, 2.24) is 15.1 Å². The number of benzene rings is 2. The quantitative estimate of drug-likeness (QED) is 0.488. The van der Waals surface area contributed by atoms with Gasteiger partial charge in [-0.1, -0.05) is 26.8 Å². The normalized spacial score (nSPS) is 16.1. The Morgan fingerprint density at radius 3 is 2.35 bits per heavy atom. The molecule has 0 spiro atoms. The van der Waals surface area contributed by atoms with Crippen molar-refractivity contribution in [2.24, 2.45) is 0 Å². The van der Waals surface area contributed by atoms with Gasteiger partial charge in [0, 0.05) is 28.7 Å². The zero-order valence-electron chi connectivity index (χ0n) is 21.3. The highest BCUT2D eigenvalue weighted by Gasteiger charge is 2.40. The number of aromatic nitrogens is 2. The largest absolute Gasteiger partial charge is 0.352 e. The molecule has 0 bridgehead atoms. The third-order valence-electron chi connectivity index (χ3n) is 5.87. The standard InChI is InChI=1S/C27H29F3N4O2S/c1-15(2)31-21(35)13-33-22(36)14-37-24(19-11-8-17(29)12-20(19)30)23-25(27(3,4)5)32-34(26(23)33)18-9-6-16(28)7-10-18/h6-12,15,24H,13-14H2,1-5H3,(H,31,35)/t24-/m1/s1. The number of carbonyl (C=O) groups excluding carboxylic acids is 2. The molecular weight excluding hydrogens is 501 g/mol. The Kier molecular flexibility index (Phi) is 7.41. The summed E-state index contributed by atoms with van der Waals surface area (Å²) in [5.74, 6) is -2.35. The van der Waals surface area contributed by atoms with Crippen molar-refractivity contribution in [2.45, 2.75) is 51.3 Å². The maximum absolute atomic E-state index is 15.1. The molecule has 0 saturated heterocycles. The Morgan fingerprint density at radius 1 is 1.11 bits per heavy atom. The van der Waals surface area contributed by atoms with Crippen molar-refractivity contribution in [3.05, 3.63) is 76.7 Å². The average Bonchev–Trinajstić information content (AvgIpc) is 3.13. The smallest absolute Gasteiger partial charge is 0.240 e. The summed E-state index contributed by atoms with van der Waals surface area (Å²) in [7, 11) is 0. The Balaban J connectivity index is 2.02. The number of rotatable bonds is 5. The number of fused-ring (bicyclic) bond motifs is 1. The number of nitrogens with one attached hydrogen (secondary N) is 1. The van der Waals surface area contributed by atoms with Crippen molar-refractivity contribution in [3.63, 3.8) is 0 Å². The third kappa shape index (κ3) is 5.53. The van der Waals surface area contributed by atoms with Crippen molar-refractivity contribution in [3.8, 4) is 5.69 Å². The monoisotopic (exact) mass is 530 g/mol. The van der Waals surface area contributed by atoms with Gasteiger partial charge in [-0.05, 0) is 44.2 Å². The summed E-state index contributed by atoms with van der Waals surface area (Å²) in [5.41, 5.74) is 1.26. The van der Waals surface area contributed by atoms with Crippen molar-refractivity contribution >= 4 is 29.4 Å². The van der Waals surface area contributed by atoms with Crippen LogP contribution in [0.2, 0.25) is 0 Å². The summed E-state index contributed by atoms with van der Waals surface area (Å²) >= 11 is 1.20. The van der Waals surface area contributed by atoms with Crippen LogP contribution in [0, 0.1) is 17.5 Å². The first kappa shape index (κ1) is 26.8. The molecule has 0 radical (unpaired) electrons. The summed E-state index contributed by atoms with van der Waals surface area (Å²) in [5, 5.41) is 6.94. The van der Waals surface area contributed by atoms with Crippen LogP contribution in [0.3, 0.4) is 0 Å². The molecule has 1 atom stereocenters. The predicted molar refractivity (Wildman–Crippen MR) is 139 cm³/mol. The summed E-state index contributed by atoms with van der Waals surface area (Å²) in [6, 6.07) is 8.84. The van der Waals surface area contributed by atoms with Crippen LogP contribution in [0.1, 0.15) is 56.7 Å². The lowest BCUT2D eigenvalue weighted by Gasteiger charge is -2.25. The second kappa shape index (κ2) is 10.2. The minimum absolute atomic E-state index is 0.0435. The van der Waals surface area contributed by atoms with Gasteiger partial charge in [0.1, 0.15) is 29.8 Å². The number of anilines is 1. The van der Waals surface area contributed by atoms with Crippen molar-refractivity contribution in [2.75, 3.05) is 17.2 Å². The van der Waals surface area contributed by atoms with Crippen molar-refractivity contribution < 1.29 is 22.8 Å². The molecule has 1 aliphatic heterocycles. The fraction of sp³-hybridized carbons (Fsp3) is 0.370. The lowest BCUT2D eigenvalue weighted by molar-refractivity contribution is -0.123. The maximum atomic E-state index is 15.1. The Hall–Kier alpha value is -3.27. The van der Waals surface area contributed by atoms with E-state index in [4.69, 9.17) is 5.10 Å². The topological polar surface area (TPSA) is 67.2 Å². The SMILES string of the molecule is CC(C)NC(=O)CN1C(=O)CS[C@H](c2ccc(F)cc2F)c2c(C(C)(C)C)nn(-c3ccc(F)cc3)c21. The van der Waals surface area contributed by atoms with Gasteiger partial charge in [0.05, 0.1) is 22.4 Å². The Labute approximate surface area is 218 Å². The van der Waals surface area contributed by atoms with Gasteiger partial charge < -0.3 is 5.32 Å². The van der Waals surface area contributed by atoms with Gasteiger partial charge in [-0.15, -0.1) is 11.8 Å². The highest BCUT2D eigenvalue weighted by Crippen LogP contribution is 2.49. The van der Waals surface area contributed by atoms with Crippen LogP contribution in [0.4, 0.5) is 19.0 Å². The number of carbonyl (C=O) groups is 2. The highest BCUT2D eigenvalue weighted by atomic mass is 32.2. The predicted octanol–water partition coefficient (Wildman–Crippen LogP) is 5.28. The van der Waals surface area contributed by atoms with Crippen LogP contribution >= 0.6 is 11.8 Å². The van der Waals surface area contributed by atoms with E-state index in [2.05, 4.69) is 5.32 Å². The number of hydrogen-bond acceptors (Lipinski definition) is 4. The summed E-state index contributed by atoms with van der Waals surface area (Å²) in [4.78, 5) is 27.7. The van der Waals surface area contributed by atoms with Crippen LogP contribution < -0.4 is 10.2 Å². The minimum Gasteiger partial charge on any atom is -0.352 e. The molecule has 2 heterocycles. The lowest BCUT2D eigenvalue weighted by Crippen LogP contribution is -2.44. The number of amides is 2. The first-order chi connectivity index (χ1) is 17.4. The van der Waals surface area contributed by atoms with Crippen LogP contribution in [-0.2, 0) is 15.0 Å². The molecule has 3 aromatic rings. The van der Waals surface area contributed by atoms with E-state index in [1.807, 2.05) is 34.6 Å². The fourth-order valence-corrected chi connectivity index (χ4v) is 5.53. The number of halogens is 3. The Bertz CT molecular complexity index is 1330. The van der Waals surface area contributed by atoms with Gasteiger partial charge in [-0.3, -0.25) is 14.5 Å². The molecule has 1 N–H and O–H groups in total. The van der Waals surface area contributed by atoms with E-state index in [1.54, 1.807) is 0 Å². The van der Waals surface area contributed by atoms with Gasteiger partial charge in [0.15, 0.2) is 0 Å². The third-order valence-corrected chi connectivity index (χ3v) is 7.10. The fourth-order valence-electron chi connectivity index (χ4n) is 4.31. The number of thioether (sulfide) groups is 1. The van der Waals surface area contributed by atoms with E-state index in [0.717, 1.165) is 6.07 Å². The van der Waals surface area contributed by atoms with Crippen molar-refractivity contribution in [1.29, 1.82) is 0 Å². The second-order valence-corrected chi connectivity index (χ2v) is 11.4. The van der Waals surface area contributed by atoms with E-state index in [1.165, 1.54) is 57.7 Å². The molecule has 2 aromatic carbocycles. The number of hydrogen-bond donors (Lipinski definition) is 1. The molecule has 37 heavy (non-hydrogen) atoms. The number of nitrogens with zero attached hydrogens (tertiary/aromatic N) is 3. The average molecular weight is 531 g/mol. The molecule has 6 nitrogen and oxygen atoms in total. The van der Waals surface area contributed by atoms with Crippen LogP contribution in [0.25, 0.3) is 5.69 Å². The molecule has 196 valence electrons. The van der Waals surface area contributed by atoms with E-state index in [0.29, 0.717) is 22.8 Å². The van der Waals surface area contributed by atoms with Gasteiger partial charge in [0.2, 0.25) is 11.8 Å². The maximum Gasteiger partial charge on any atom is 0.240 e. The van der Waals surface area contributed by atoms with Crippen LogP contribution in [0.15, 0.2) is 42.5 Å². The van der Waals surface area contributed by atoms with E-state index in [9.17, 15) is 18.4 Å². The van der Waals surface area contributed by atoms with Gasteiger partial charge >= 0.3 is 0 Å². The molecule has 1 aliphatic rings. The summed E-state index contributed by atoms with van der Waals surface area (Å²) in [6.45, 7) is 9.18. The van der Waals surface area contributed by atoms with E-state index in [-0.39, 0.29) is 35.7 Å². The summed E-state index contributed by atoms with van der Waals surface area (Å²) in [6.07, 6.45) is 0.